The Hall–Kier alpha value is -3.02. The zero-order valence-electron chi connectivity index (χ0n) is 17.3. The third kappa shape index (κ3) is 5.50. The Kier molecular flexibility index (Phi) is 7.11. The number of hydrogen-bond donors (Lipinski definition) is 2. The third-order valence-electron chi connectivity index (χ3n) is 5.30. The summed E-state index contributed by atoms with van der Waals surface area (Å²) in [6.45, 7) is 2.52. The molecule has 6 heteroatoms. The molecule has 0 aromatic heterocycles. The van der Waals surface area contributed by atoms with Gasteiger partial charge in [0, 0.05) is 39.3 Å². The lowest BCUT2D eigenvalue weighted by molar-refractivity contribution is 0.0963. The molecule has 1 fully saturated rings. The summed E-state index contributed by atoms with van der Waals surface area (Å²) >= 11 is 0. The second-order valence-electron chi connectivity index (χ2n) is 7.48. The molecule has 3 rings (SSSR count). The van der Waals surface area contributed by atoms with Gasteiger partial charge in [0.1, 0.15) is 0 Å². The average molecular weight is 395 g/mol. The molecule has 154 valence electrons. The SMILES string of the molecule is CNC(=O)c1ccc(CN(C)C(=O)Nc2ccccc2N2CCCCCC2)cc1. The summed E-state index contributed by atoms with van der Waals surface area (Å²) in [6.07, 6.45) is 4.92. The standard InChI is InChI=1S/C23H30N4O2/c1-24-22(28)19-13-11-18(12-14-19)17-26(2)23(29)25-20-9-5-6-10-21(20)27-15-7-3-4-8-16-27/h5-6,9-14H,3-4,7-8,15-17H2,1-2H3,(H,24,28)(H,25,29). The van der Waals surface area contributed by atoms with Gasteiger partial charge in [-0.05, 0) is 42.7 Å². The Morgan fingerprint density at radius 3 is 2.28 bits per heavy atom. The van der Waals surface area contributed by atoms with Gasteiger partial charge in [0.25, 0.3) is 5.91 Å². The molecule has 0 aliphatic carbocycles. The minimum atomic E-state index is -0.150. The van der Waals surface area contributed by atoms with Crippen molar-refractivity contribution in [3.63, 3.8) is 0 Å². The molecule has 0 bridgehead atoms. The van der Waals surface area contributed by atoms with E-state index in [0.717, 1.165) is 30.0 Å². The van der Waals surface area contributed by atoms with Crippen molar-refractivity contribution in [2.75, 3.05) is 37.4 Å². The number of amides is 3. The van der Waals surface area contributed by atoms with Crippen LogP contribution in [0.5, 0.6) is 0 Å². The van der Waals surface area contributed by atoms with Gasteiger partial charge in [-0.15, -0.1) is 0 Å². The molecule has 0 atom stereocenters. The van der Waals surface area contributed by atoms with E-state index < -0.39 is 0 Å². The second-order valence-corrected chi connectivity index (χ2v) is 7.48. The monoisotopic (exact) mass is 394 g/mol. The lowest BCUT2D eigenvalue weighted by atomic mass is 10.1. The number of carbonyl (C=O) groups is 2. The largest absolute Gasteiger partial charge is 0.370 e. The maximum Gasteiger partial charge on any atom is 0.321 e. The van der Waals surface area contributed by atoms with E-state index in [0.29, 0.717) is 12.1 Å². The Morgan fingerprint density at radius 2 is 1.62 bits per heavy atom. The normalized spacial score (nSPS) is 14.1. The van der Waals surface area contributed by atoms with Crippen molar-refractivity contribution in [1.82, 2.24) is 10.2 Å². The fourth-order valence-electron chi connectivity index (χ4n) is 3.63. The molecular weight excluding hydrogens is 364 g/mol. The molecule has 2 aromatic rings. The first-order valence-corrected chi connectivity index (χ1v) is 10.3. The van der Waals surface area contributed by atoms with Gasteiger partial charge in [-0.3, -0.25) is 4.79 Å². The third-order valence-corrected chi connectivity index (χ3v) is 5.30. The van der Waals surface area contributed by atoms with Crippen LogP contribution in [0.15, 0.2) is 48.5 Å². The Bertz CT molecular complexity index is 827. The number of urea groups is 1. The first kappa shape index (κ1) is 20.7. The first-order valence-electron chi connectivity index (χ1n) is 10.3. The lowest BCUT2D eigenvalue weighted by Crippen LogP contribution is -2.32. The Balaban J connectivity index is 1.64. The van der Waals surface area contributed by atoms with Crippen LogP contribution in [0.25, 0.3) is 0 Å². The molecule has 2 aromatic carbocycles. The predicted molar refractivity (Wildman–Crippen MR) is 117 cm³/mol. The Labute approximate surface area is 172 Å². The van der Waals surface area contributed by atoms with Gasteiger partial charge < -0.3 is 20.4 Å². The van der Waals surface area contributed by atoms with Gasteiger partial charge in [0.2, 0.25) is 0 Å². The summed E-state index contributed by atoms with van der Waals surface area (Å²) < 4.78 is 0. The van der Waals surface area contributed by atoms with E-state index in [1.165, 1.54) is 25.7 Å². The van der Waals surface area contributed by atoms with E-state index in [-0.39, 0.29) is 11.9 Å². The van der Waals surface area contributed by atoms with Crippen LogP contribution in [-0.2, 0) is 6.54 Å². The van der Waals surface area contributed by atoms with Crippen LogP contribution < -0.4 is 15.5 Å². The smallest absolute Gasteiger partial charge is 0.321 e. The molecule has 29 heavy (non-hydrogen) atoms. The number of nitrogens with one attached hydrogen (secondary N) is 2. The lowest BCUT2D eigenvalue weighted by Gasteiger charge is -2.26. The molecule has 6 nitrogen and oxygen atoms in total. The fourth-order valence-corrected chi connectivity index (χ4v) is 3.63. The van der Waals surface area contributed by atoms with Crippen molar-refractivity contribution in [1.29, 1.82) is 0 Å². The zero-order chi connectivity index (χ0) is 20.6. The van der Waals surface area contributed by atoms with Crippen LogP contribution in [0.1, 0.15) is 41.6 Å². The molecule has 3 amide bonds. The van der Waals surface area contributed by atoms with E-state index >= 15 is 0 Å². The quantitative estimate of drug-likeness (QED) is 0.803. The van der Waals surface area contributed by atoms with E-state index in [9.17, 15) is 9.59 Å². The van der Waals surface area contributed by atoms with Crippen LogP contribution in [0.4, 0.5) is 16.2 Å². The zero-order valence-corrected chi connectivity index (χ0v) is 17.3. The summed E-state index contributed by atoms with van der Waals surface area (Å²) in [6, 6.07) is 15.2. The minimum Gasteiger partial charge on any atom is -0.370 e. The molecule has 1 aliphatic heterocycles. The highest BCUT2D eigenvalue weighted by atomic mass is 16.2. The van der Waals surface area contributed by atoms with Crippen LogP contribution >= 0.6 is 0 Å². The van der Waals surface area contributed by atoms with Gasteiger partial charge in [-0.25, -0.2) is 4.79 Å². The van der Waals surface area contributed by atoms with Gasteiger partial charge in [-0.1, -0.05) is 37.1 Å². The first-order chi connectivity index (χ1) is 14.1. The number of benzene rings is 2. The molecule has 0 radical (unpaired) electrons. The van der Waals surface area contributed by atoms with E-state index in [1.807, 2.05) is 30.3 Å². The number of carbonyl (C=O) groups excluding carboxylic acids is 2. The number of nitrogens with zero attached hydrogens (tertiary/aromatic N) is 2. The van der Waals surface area contributed by atoms with Gasteiger partial charge in [-0.2, -0.15) is 0 Å². The van der Waals surface area contributed by atoms with Crippen LogP contribution in [0, 0.1) is 0 Å². The van der Waals surface area contributed by atoms with Gasteiger partial charge in [0.15, 0.2) is 0 Å². The second kappa shape index (κ2) is 9.96. The molecule has 0 spiro atoms. The highest BCUT2D eigenvalue weighted by Crippen LogP contribution is 2.28. The van der Waals surface area contributed by atoms with Gasteiger partial charge in [0.05, 0.1) is 11.4 Å². The average Bonchev–Trinajstić information content (AvgIpc) is 3.03. The van der Waals surface area contributed by atoms with Crippen LogP contribution in [0.3, 0.4) is 0 Å². The Morgan fingerprint density at radius 1 is 0.966 bits per heavy atom. The van der Waals surface area contributed by atoms with Crippen molar-refractivity contribution in [3.05, 3.63) is 59.7 Å². The summed E-state index contributed by atoms with van der Waals surface area (Å²) in [7, 11) is 3.38. The molecule has 0 unspecified atom stereocenters. The van der Waals surface area contributed by atoms with Crippen molar-refractivity contribution < 1.29 is 9.59 Å². The van der Waals surface area contributed by atoms with Crippen molar-refractivity contribution in [2.45, 2.75) is 32.2 Å². The molecule has 1 aliphatic rings. The summed E-state index contributed by atoms with van der Waals surface area (Å²) in [5, 5.41) is 5.67. The molecule has 1 saturated heterocycles. The van der Waals surface area contributed by atoms with Crippen molar-refractivity contribution in [2.24, 2.45) is 0 Å². The molecule has 1 heterocycles. The van der Waals surface area contributed by atoms with E-state index in [1.54, 1.807) is 31.1 Å². The summed E-state index contributed by atoms with van der Waals surface area (Å²) in [5.74, 6) is -0.118. The maximum atomic E-state index is 12.8. The van der Waals surface area contributed by atoms with Gasteiger partial charge >= 0.3 is 6.03 Å². The maximum absolute atomic E-state index is 12.8. The summed E-state index contributed by atoms with van der Waals surface area (Å²) in [5.41, 5.74) is 3.51. The van der Waals surface area contributed by atoms with E-state index in [2.05, 4.69) is 21.6 Å². The number of hydrogen-bond acceptors (Lipinski definition) is 3. The van der Waals surface area contributed by atoms with E-state index in [4.69, 9.17) is 0 Å². The van der Waals surface area contributed by atoms with Crippen molar-refractivity contribution in [3.8, 4) is 0 Å². The molecule has 2 N–H and O–H groups in total. The highest BCUT2D eigenvalue weighted by molar-refractivity contribution is 5.94. The number of para-hydroxylation sites is 2. The highest BCUT2D eigenvalue weighted by Gasteiger charge is 2.16. The molecule has 0 saturated carbocycles. The van der Waals surface area contributed by atoms with Crippen LogP contribution in [-0.4, -0.2) is 44.0 Å². The topological polar surface area (TPSA) is 64.7 Å². The summed E-state index contributed by atoms with van der Waals surface area (Å²) in [4.78, 5) is 28.4. The predicted octanol–water partition coefficient (Wildman–Crippen LogP) is 4.09. The fraction of sp³-hybridized carbons (Fsp3) is 0.391. The minimum absolute atomic E-state index is 0.118. The number of rotatable bonds is 5. The van der Waals surface area contributed by atoms with Crippen molar-refractivity contribution >= 4 is 23.3 Å². The van der Waals surface area contributed by atoms with Crippen LogP contribution in [0.2, 0.25) is 0 Å². The number of anilines is 2. The molecular formula is C23H30N4O2.